The van der Waals surface area contributed by atoms with Crippen LogP contribution in [0.15, 0.2) is 48.5 Å². The summed E-state index contributed by atoms with van der Waals surface area (Å²) in [6, 6.07) is 13.6. The monoisotopic (exact) mass is 426 g/mol. The third kappa shape index (κ3) is 5.81. The molecule has 0 radical (unpaired) electrons. The molecule has 8 heteroatoms. The van der Waals surface area contributed by atoms with Crippen LogP contribution in [0.2, 0.25) is 0 Å². The molecular weight excluding hydrogens is 400 g/mol. The largest absolute Gasteiger partial charge is 0.482 e. The van der Waals surface area contributed by atoms with E-state index in [1.807, 2.05) is 30.3 Å². The minimum Gasteiger partial charge on any atom is -0.482 e. The summed E-state index contributed by atoms with van der Waals surface area (Å²) < 4.78 is 11.1. The Morgan fingerprint density at radius 3 is 2.52 bits per heavy atom. The number of nitrogens with zero attached hydrogens (tertiary/aromatic N) is 2. The summed E-state index contributed by atoms with van der Waals surface area (Å²) in [6.07, 6.45) is 0.469. The van der Waals surface area contributed by atoms with Crippen LogP contribution in [0.4, 0.5) is 10.5 Å². The number of rotatable bonds is 6. The number of ether oxygens (including phenoxy) is 2. The van der Waals surface area contributed by atoms with Gasteiger partial charge < -0.3 is 9.47 Å². The van der Waals surface area contributed by atoms with E-state index in [0.29, 0.717) is 12.8 Å². The Kier molecular flexibility index (Phi) is 6.58. The zero-order chi connectivity index (χ0) is 22.6. The topological polar surface area (TPSA) is 99.0 Å². The molecule has 0 spiro atoms. The van der Waals surface area contributed by atoms with Crippen LogP contribution in [-0.4, -0.2) is 33.5 Å². The smallest absolute Gasteiger partial charge is 0.417 e. The maximum Gasteiger partial charge on any atom is 0.417 e. The summed E-state index contributed by atoms with van der Waals surface area (Å²) >= 11 is 0. The van der Waals surface area contributed by atoms with E-state index in [0.717, 1.165) is 16.0 Å². The molecule has 164 valence electrons. The van der Waals surface area contributed by atoms with Crippen LogP contribution >= 0.6 is 0 Å². The number of benzene rings is 2. The highest BCUT2D eigenvalue weighted by Gasteiger charge is 2.38. The van der Waals surface area contributed by atoms with Crippen molar-refractivity contribution in [3.8, 4) is 5.75 Å². The van der Waals surface area contributed by atoms with Gasteiger partial charge in [-0.1, -0.05) is 36.4 Å². The number of amides is 2. The van der Waals surface area contributed by atoms with Crippen LogP contribution in [0, 0.1) is 10.1 Å². The van der Waals surface area contributed by atoms with Crippen molar-refractivity contribution in [2.24, 2.45) is 0 Å². The third-order valence-corrected chi connectivity index (χ3v) is 4.84. The molecular formula is C23H26N2O6. The first-order valence-corrected chi connectivity index (χ1v) is 10.1. The van der Waals surface area contributed by atoms with Crippen LogP contribution in [0.5, 0.6) is 5.75 Å². The number of nitro groups is 1. The van der Waals surface area contributed by atoms with E-state index < -0.39 is 16.6 Å². The summed E-state index contributed by atoms with van der Waals surface area (Å²) in [7, 11) is 0. The molecule has 1 aliphatic rings. The number of carbonyl (C=O) groups is 2. The second kappa shape index (κ2) is 9.16. The van der Waals surface area contributed by atoms with Crippen molar-refractivity contribution in [1.82, 2.24) is 4.90 Å². The van der Waals surface area contributed by atoms with Gasteiger partial charge in [0.2, 0.25) is 5.91 Å². The number of carbonyl (C=O) groups excluding carboxylic acids is 2. The van der Waals surface area contributed by atoms with Crippen molar-refractivity contribution in [3.63, 3.8) is 0 Å². The summed E-state index contributed by atoms with van der Waals surface area (Å²) in [6.45, 7) is 5.42. The van der Waals surface area contributed by atoms with Gasteiger partial charge in [-0.15, -0.1) is 0 Å². The van der Waals surface area contributed by atoms with E-state index >= 15 is 0 Å². The van der Waals surface area contributed by atoms with Crippen molar-refractivity contribution in [1.29, 1.82) is 0 Å². The lowest BCUT2D eigenvalue weighted by Gasteiger charge is -2.27. The number of imide groups is 1. The van der Waals surface area contributed by atoms with E-state index in [1.165, 1.54) is 6.07 Å². The minimum atomic E-state index is -0.712. The van der Waals surface area contributed by atoms with Gasteiger partial charge in [0.25, 0.3) is 0 Å². The first kappa shape index (κ1) is 22.3. The second-order valence-corrected chi connectivity index (χ2v) is 8.47. The molecule has 3 rings (SSSR count). The van der Waals surface area contributed by atoms with Crippen molar-refractivity contribution >= 4 is 17.7 Å². The molecule has 8 nitrogen and oxygen atoms in total. The zero-order valence-corrected chi connectivity index (χ0v) is 17.9. The molecule has 0 bridgehead atoms. The SMILES string of the molecule is CC(C)(C)OC(=O)N1C(=O)CCC1Cc1ccc([N+](=O)[O-])c(OCc2ccccc2)c1. The Bertz CT molecular complexity index is 968. The van der Waals surface area contributed by atoms with Crippen molar-refractivity contribution in [2.75, 3.05) is 0 Å². The Hall–Kier alpha value is -3.42. The number of hydrogen-bond acceptors (Lipinski definition) is 6. The molecule has 0 N–H and O–H groups in total. The lowest BCUT2D eigenvalue weighted by Crippen LogP contribution is -2.43. The molecule has 2 aromatic carbocycles. The average molecular weight is 426 g/mol. The quantitative estimate of drug-likeness (QED) is 0.493. The van der Waals surface area contributed by atoms with Crippen molar-refractivity contribution in [2.45, 2.75) is 58.3 Å². The van der Waals surface area contributed by atoms with Crippen LogP contribution in [-0.2, 0) is 22.6 Å². The van der Waals surface area contributed by atoms with Crippen LogP contribution < -0.4 is 4.74 Å². The predicted octanol–water partition coefficient (Wildman–Crippen LogP) is 4.64. The molecule has 1 atom stereocenters. The highest BCUT2D eigenvalue weighted by atomic mass is 16.6. The molecule has 0 aromatic heterocycles. The summed E-state index contributed by atoms with van der Waals surface area (Å²) in [5.74, 6) is -0.124. The standard InChI is InChI=1S/C23H26N2O6/c1-23(2,3)31-22(27)24-18(10-12-21(24)26)13-17-9-11-19(25(28)29)20(14-17)30-15-16-7-5-4-6-8-16/h4-9,11,14,18H,10,12-13,15H2,1-3H3. The Labute approximate surface area is 180 Å². The average Bonchev–Trinajstić information content (AvgIpc) is 3.06. The van der Waals surface area contributed by atoms with Gasteiger partial charge in [-0.25, -0.2) is 9.69 Å². The summed E-state index contributed by atoms with van der Waals surface area (Å²) in [4.78, 5) is 36.9. The molecule has 1 unspecified atom stereocenters. The first-order valence-electron chi connectivity index (χ1n) is 10.1. The van der Waals surface area contributed by atoms with Gasteiger partial charge in [0.1, 0.15) is 12.2 Å². The van der Waals surface area contributed by atoms with E-state index in [1.54, 1.807) is 32.9 Å². The predicted molar refractivity (Wildman–Crippen MR) is 114 cm³/mol. The second-order valence-electron chi connectivity index (χ2n) is 8.47. The molecule has 1 saturated heterocycles. The van der Waals surface area contributed by atoms with Gasteiger partial charge in [-0.3, -0.25) is 14.9 Å². The van der Waals surface area contributed by atoms with Crippen LogP contribution in [0.1, 0.15) is 44.7 Å². The lowest BCUT2D eigenvalue weighted by atomic mass is 10.0. The van der Waals surface area contributed by atoms with Crippen molar-refractivity contribution in [3.05, 3.63) is 69.8 Å². The van der Waals surface area contributed by atoms with Gasteiger partial charge in [0, 0.05) is 18.5 Å². The maximum atomic E-state index is 12.5. The fourth-order valence-electron chi connectivity index (χ4n) is 3.46. The highest BCUT2D eigenvalue weighted by Crippen LogP contribution is 2.31. The van der Waals surface area contributed by atoms with Gasteiger partial charge >= 0.3 is 11.8 Å². The molecule has 0 saturated carbocycles. The molecule has 1 fully saturated rings. The Morgan fingerprint density at radius 1 is 1.16 bits per heavy atom. The fourth-order valence-corrected chi connectivity index (χ4v) is 3.46. The summed E-state index contributed by atoms with van der Waals surface area (Å²) in [5, 5.41) is 11.4. The van der Waals surface area contributed by atoms with Gasteiger partial charge in [-0.2, -0.15) is 0 Å². The lowest BCUT2D eigenvalue weighted by molar-refractivity contribution is -0.386. The van der Waals surface area contributed by atoms with E-state index in [-0.39, 0.29) is 36.4 Å². The Morgan fingerprint density at radius 2 is 1.87 bits per heavy atom. The van der Waals surface area contributed by atoms with Crippen molar-refractivity contribution < 1.29 is 24.0 Å². The zero-order valence-electron chi connectivity index (χ0n) is 17.9. The molecule has 2 amide bonds. The van der Waals surface area contributed by atoms with E-state index in [9.17, 15) is 19.7 Å². The molecule has 1 aliphatic heterocycles. The summed E-state index contributed by atoms with van der Waals surface area (Å²) in [5.41, 5.74) is 0.781. The van der Waals surface area contributed by atoms with E-state index in [4.69, 9.17) is 9.47 Å². The first-order chi connectivity index (χ1) is 14.6. The normalized spacial score (nSPS) is 16.3. The number of hydrogen-bond donors (Lipinski definition) is 0. The maximum absolute atomic E-state index is 12.5. The van der Waals surface area contributed by atoms with Crippen LogP contribution in [0.25, 0.3) is 0 Å². The van der Waals surface area contributed by atoms with Gasteiger partial charge in [0.05, 0.1) is 4.92 Å². The molecule has 0 aliphatic carbocycles. The molecule has 31 heavy (non-hydrogen) atoms. The van der Waals surface area contributed by atoms with Gasteiger partial charge in [0.15, 0.2) is 5.75 Å². The third-order valence-electron chi connectivity index (χ3n) is 4.84. The fraction of sp³-hybridized carbons (Fsp3) is 0.391. The number of likely N-dealkylation sites (tertiary alicyclic amines) is 1. The molecule has 2 aromatic rings. The van der Waals surface area contributed by atoms with E-state index in [2.05, 4.69) is 0 Å². The minimum absolute atomic E-state index is 0.133. The molecule has 1 heterocycles. The van der Waals surface area contributed by atoms with Crippen LogP contribution in [0.3, 0.4) is 0 Å². The number of nitro benzene ring substituents is 1. The highest BCUT2D eigenvalue weighted by molar-refractivity contribution is 5.94. The Balaban J connectivity index is 1.78. The van der Waals surface area contributed by atoms with Gasteiger partial charge in [-0.05, 0) is 50.8 Å².